The number of benzene rings is 2. The van der Waals surface area contributed by atoms with E-state index in [4.69, 9.17) is 4.74 Å². The number of carbonyl (C=O) groups is 1. The van der Waals surface area contributed by atoms with E-state index in [-0.39, 0.29) is 29.8 Å². The number of methoxy groups -OCH3 is 1. The van der Waals surface area contributed by atoms with E-state index in [1.807, 2.05) is 19.2 Å². The van der Waals surface area contributed by atoms with Crippen LogP contribution in [0.1, 0.15) is 30.1 Å². The van der Waals surface area contributed by atoms with Crippen LogP contribution in [0.4, 0.5) is 14.9 Å². The first-order valence-corrected chi connectivity index (χ1v) is 11.3. The van der Waals surface area contributed by atoms with Gasteiger partial charge in [0.05, 0.1) is 31.0 Å². The van der Waals surface area contributed by atoms with E-state index in [0.29, 0.717) is 13.1 Å². The van der Waals surface area contributed by atoms with Gasteiger partial charge in [0.25, 0.3) is 0 Å². The van der Waals surface area contributed by atoms with Crippen LogP contribution in [0.5, 0.6) is 5.75 Å². The lowest BCUT2D eigenvalue weighted by molar-refractivity contribution is 0.148. The van der Waals surface area contributed by atoms with Crippen LogP contribution >= 0.6 is 0 Å². The highest BCUT2D eigenvalue weighted by molar-refractivity contribution is 5.90. The molecule has 2 aliphatic heterocycles. The standard InChI is InChI=1S/C25H29FN4O3/c1-29-21-13-16(33-2)7-8-17(21)22-23(29)20(14-31)27-15-25(22)9-11-30(12-10-25)24(32)28-19-6-4-3-5-18(19)26/h3-8,13,20,27,31H,9-12,14-15H2,1-2H3,(H,28,32)/t20-/m0/s1. The van der Waals surface area contributed by atoms with Crippen LogP contribution in [0.15, 0.2) is 42.5 Å². The molecule has 2 amide bonds. The molecular weight excluding hydrogens is 423 g/mol. The zero-order chi connectivity index (χ0) is 23.2. The second-order valence-electron chi connectivity index (χ2n) is 9.00. The van der Waals surface area contributed by atoms with Crippen LogP contribution in [0, 0.1) is 5.82 Å². The summed E-state index contributed by atoms with van der Waals surface area (Å²) in [7, 11) is 3.69. The minimum atomic E-state index is -0.443. The van der Waals surface area contributed by atoms with Gasteiger partial charge in [-0.05, 0) is 42.7 Å². The van der Waals surface area contributed by atoms with Crippen molar-refractivity contribution in [1.29, 1.82) is 0 Å². The van der Waals surface area contributed by atoms with Gasteiger partial charge in [-0.2, -0.15) is 0 Å². The predicted octanol–water partition coefficient (Wildman–Crippen LogP) is 3.53. The number of halogens is 1. The maximum atomic E-state index is 14.0. The number of carbonyl (C=O) groups excluding carboxylic acids is 1. The molecule has 5 rings (SSSR count). The third-order valence-corrected chi connectivity index (χ3v) is 7.31. The first-order valence-electron chi connectivity index (χ1n) is 11.3. The molecule has 0 saturated carbocycles. The molecule has 0 bridgehead atoms. The van der Waals surface area contributed by atoms with Crippen molar-refractivity contribution in [2.75, 3.05) is 38.7 Å². The van der Waals surface area contributed by atoms with Crippen molar-refractivity contribution in [3.05, 3.63) is 59.5 Å². The second kappa shape index (κ2) is 8.35. The Hall–Kier alpha value is -3.10. The Labute approximate surface area is 192 Å². The molecule has 0 unspecified atom stereocenters. The molecule has 1 fully saturated rings. The van der Waals surface area contributed by atoms with Crippen molar-refractivity contribution in [3.8, 4) is 5.75 Å². The fourth-order valence-corrected chi connectivity index (χ4v) is 5.50. The number of aryl methyl sites for hydroxylation is 1. The van der Waals surface area contributed by atoms with Gasteiger partial charge in [0.15, 0.2) is 0 Å². The molecule has 0 radical (unpaired) electrons. The largest absolute Gasteiger partial charge is 0.497 e. The molecule has 8 heteroatoms. The number of likely N-dealkylation sites (tertiary alicyclic amines) is 1. The number of hydrogen-bond acceptors (Lipinski definition) is 4. The highest BCUT2D eigenvalue weighted by Gasteiger charge is 2.45. The second-order valence-corrected chi connectivity index (χ2v) is 9.00. The average molecular weight is 453 g/mol. The van der Waals surface area contributed by atoms with E-state index in [0.717, 1.165) is 41.7 Å². The third-order valence-electron chi connectivity index (χ3n) is 7.31. The maximum absolute atomic E-state index is 14.0. The van der Waals surface area contributed by atoms with E-state index in [9.17, 15) is 14.3 Å². The molecule has 174 valence electrons. The quantitative estimate of drug-likeness (QED) is 0.568. The summed E-state index contributed by atoms with van der Waals surface area (Å²) in [6.07, 6.45) is 1.56. The van der Waals surface area contributed by atoms with E-state index in [1.54, 1.807) is 30.2 Å². The Kier molecular flexibility index (Phi) is 5.50. The van der Waals surface area contributed by atoms with Gasteiger partial charge in [-0.15, -0.1) is 0 Å². The molecule has 1 spiro atoms. The normalized spacial score (nSPS) is 19.5. The maximum Gasteiger partial charge on any atom is 0.321 e. The van der Waals surface area contributed by atoms with Crippen LogP contribution in [-0.2, 0) is 12.5 Å². The van der Waals surface area contributed by atoms with Gasteiger partial charge in [0, 0.05) is 49.2 Å². The molecule has 3 aromatic rings. The van der Waals surface area contributed by atoms with Crippen molar-refractivity contribution in [1.82, 2.24) is 14.8 Å². The number of ether oxygens (including phenoxy) is 1. The number of hydrogen-bond donors (Lipinski definition) is 3. The smallest absolute Gasteiger partial charge is 0.321 e. The Balaban J connectivity index is 1.45. The lowest BCUT2D eigenvalue weighted by Crippen LogP contribution is -2.54. The number of para-hydroxylation sites is 1. The zero-order valence-corrected chi connectivity index (χ0v) is 18.9. The highest BCUT2D eigenvalue weighted by Crippen LogP contribution is 2.47. The molecule has 3 heterocycles. The van der Waals surface area contributed by atoms with E-state index >= 15 is 0 Å². The Morgan fingerprint density at radius 3 is 2.73 bits per heavy atom. The number of amides is 2. The van der Waals surface area contributed by atoms with Gasteiger partial charge in [-0.1, -0.05) is 12.1 Å². The summed E-state index contributed by atoms with van der Waals surface area (Å²) in [4.78, 5) is 14.6. The molecule has 0 aliphatic carbocycles. The monoisotopic (exact) mass is 452 g/mol. The van der Waals surface area contributed by atoms with Gasteiger partial charge in [0.2, 0.25) is 0 Å². The number of fused-ring (bicyclic) bond motifs is 4. The highest BCUT2D eigenvalue weighted by atomic mass is 19.1. The Bertz CT molecular complexity index is 1200. The summed E-state index contributed by atoms with van der Waals surface area (Å²) in [5.74, 6) is 0.351. The molecule has 7 nitrogen and oxygen atoms in total. The summed E-state index contributed by atoms with van der Waals surface area (Å²) in [6.45, 7) is 1.89. The molecule has 1 saturated heterocycles. The fourth-order valence-electron chi connectivity index (χ4n) is 5.50. The minimum absolute atomic E-state index is 0.0154. The number of urea groups is 1. The first-order chi connectivity index (χ1) is 16.0. The number of nitrogens with zero attached hydrogens (tertiary/aromatic N) is 2. The molecule has 3 N–H and O–H groups in total. The van der Waals surface area contributed by atoms with E-state index in [2.05, 4.69) is 21.3 Å². The summed E-state index contributed by atoms with van der Waals surface area (Å²) in [5.41, 5.74) is 3.47. The van der Waals surface area contributed by atoms with Crippen LogP contribution in [0.3, 0.4) is 0 Å². The van der Waals surface area contributed by atoms with Crippen LogP contribution in [0.2, 0.25) is 0 Å². The lowest BCUT2D eigenvalue weighted by Gasteiger charge is -2.46. The van der Waals surface area contributed by atoms with Crippen molar-refractivity contribution in [2.24, 2.45) is 7.05 Å². The summed E-state index contributed by atoms with van der Waals surface area (Å²) in [5, 5.41) is 17.5. The van der Waals surface area contributed by atoms with Crippen molar-refractivity contribution in [2.45, 2.75) is 24.3 Å². The fraction of sp³-hybridized carbons (Fsp3) is 0.400. The Morgan fingerprint density at radius 2 is 2.03 bits per heavy atom. The molecular formula is C25H29FN4O3. The van der Waals surface area contributed by atoms with Crippen LogP contribution in [-0.4, -0.2) is 54.0 Å². The predicted molar refractivity (Wildman–Crippen MR) is 125 cm³/mol. The van der Waals surface area contributed by atoms with Gasteiger partial charge in [-0.25, -0.2) is 9.18 Å². The number of aliphatic hydroxyl groups excluding tert-OH is 1. The minimum Gasteiger partial charge on any atom is -0.497 e. The number of aromatic nitrogens is 1. The lowest BCUT2D eigenvalue weighted by atomic mass is 9.69. The third kappa shape index (κ3) is 3.54. The number of rotatable bonds is 3. The Morgan fingerprint density at radius 1 is 1.27 bits per heavy atom. The average Bonchev–Trinajstić information content (AvgIpc) is 3.14. The van der Waals surface area contributed by atoms with Crippen molar-refractivity contribution in [3.63, 3.8) is 0 Å². The number of piperidine rings is 1. The summed E-state index contributed by atoms with van der Waals surface area (Å²) >= 11 is 0. The van der Waals surface area contributed by atoms with Crippen molar-refractivity contribution >= 4 is 22.6 Å². The molecule has 2 aliphatic rings. The topological polar surface area (TPSA) is 78.8 Å². The van der Waals surface area contributed by atoms with E-state index in [1.165, 1.54) is 11.6 Å². The van der Waals surface area contributed by atoms with Crippen molar-refractivity contribution < 1.29 is 19.0 Å². The van der Waals surface area contributed by atoms with Gasteiger partial charge in [-0.3, -0.25) is 0 Å². The zero-order valence-electron chi connectivity index (χ0n) is 18.9. The molecule has 1 atom stereocenters. The SMILES string of the molecule is COc1ccc2c3c(n(C)c2c1)[C@H](CO)NCC31CCN(C(=O)Nc2ccccc2F)CC1. The van der Waals surface area contributed by atoms with Gasteiger partial charge < -0.3 is 29.9 Å². The molecule has 33 heavy (non-hydrogen) atoms. The number of nitrogens with one attached hydrogen (secondary N) is 2. The summed E-state index contributed by atoms with van der Waals surface area (Å²) < 4.78 is 21.6. The summed E-state index contributed by atoms with van der Waals surface area (Å²) in [6, 6.07) is 11.9. The van der Waals surface area contributed by atoms with Crippen LogP contribution < -0.4 is 15.4 Å². The number of aliphatic hydroxyl groups is 1. The molecule has 1 aromatic heterocycles. The van der Waals surface area contributed by atoms with E-state index < -0.39 is 5.82 Å². The van der Waals surface area contributed by atoms with Gasteiger partial charge in [0.1, 0.15) is 11.6 Å². The first kappa shape index (κ1) is 21.7. The van der Waals surface area contributed by atoms with Gasteiger partial charge >= 0.3 is 6.03 Å². The molecule has 2 aromatic carbocycles. The van der Waals surface area contributed by atoms with Crippen LogP contribution in [0.25, 0.3) is 10.9 Å². The number of anilines is 1.